The number of rotatable bonds is 10. The van der Waals surface area contributed by atoms with Crippen LogP contribution in [0.5, 0.6) is 0 Å². The molecule has 2 unspecified atom stereocenters. The molecule has 0 aromatic carbocycles. The summed E-state index contributed by atoms with van der Waals surface area (Å²) < 4.78 is 4.91. The minimum atomic E-state index is -1.40. The Morgan fingerprint density at radius 3 is 1.38 bits per heavy atom. The molecule has 0 aromatic heterocycles. The van der Waals surface area contributed by atoms with Gasteiger partial charge in [-0.1, -0.05) is 0 Å². The third-order valence-electron chi connectivity index (χ3n) is 2.58. The number of hydrogen-bond donors (Lipinski definition) is 6. The van der Waals surface area contributed by atoms with Gasteiger partial charge in [-0.3, -0.25) is 29.8 Å². The zero-order chi connectivity index (χ0) is 16.2. The Balaban J connectivity index is 2.48. The summed E-state index contributed by atoms with van der Waals surface area (Å²) in [4.78, 5) is 42.6. The SMILES string of the molecule is O=C(O)C[C@H](NC1OC1N[C@@H](CC(=O)O)C(=O)O)C(=O)O. The molecule has 1 aliphatic rings. The lowest BCUT2D eigenvalue weighted by molar-refractivity contribution is -0.146. The maximum absolute atomic E-state index is 10.8. The van der Waals surface area contributed by atoms with Gasteiger partial charge in [0.25, 0.3) is 0 Å². The van der Waals surface area contributed by atoms with Gasteiger partial charge in [0.2, 0.25) is 0 Å². The summed E-state index contributed by atoms with van der Waals surface area (Å²) >= 11 is 0. The van der Waals surface area contributed by atoms with Gasteiger partial charge >= 0.3 is 23.9 Å². The Morgan fingerprint density at radius 1 is 0.810 bits per heavy atom. The smallest absolute Gasteiger partial charge is 0.321 e. The highest BCUT2D eigenvalue weighted by atomic mass is 16.6. The molecule has 0 aliphatic carbocycles. The lowest BCUT2D eigenvalue weighted by Gasteiger charge is -2.12. The Hall–Kier alpha value is -2.24. The van der Waals surface area contributed by atoms with Crippen LogP contribution in [0.4, 0.5) is 0 Å². The van der Waals surface area contributed by atoms with Crippen molar-refractivity contribution in [1.82, 2.24) is 10.6 Å². The molecule has 0 bridgehead atoms. The normalized spacial score (nSPS) is 23.0. The van der Waals surface area contributed by atoms with Crippen LogP contribution in [0.2, 0.25) is 0 Å². The molecule has 0 aromatic rings. The number of epoxide rings is 1. The highest BCUT2D eigenvalue weighted by Crippen LogP contribution is 2.19. The second kappa shape index (κ2) is 6.97. The van der Waals surface area contributed by atoms with E-state index in [0.29, 0.717) is 0 Å². The molecule has 4 atom stereocenters. The fourth-order valence-corrected chi connectivity index (χ4v) is 1.55. The molecule has 11 heteroatoms. The van der Waals surface area contributed by atoms with E-state index in [1.54, 1.807) is 0 Å². The van der Waals surface area contributed by atoms with E-state index in [-0.39, 0.29) is 0 Å². The van der Waals surface area contributed by atoms with E-state index >= 15 is 0 Å². The van der Waals surface area contributed by atoms with Crippen LogP contribution in [0.3, 0.4) is 0 Å². The molecule has 6 N–H and O–H groups in total. The van der Waals surface area contributed by atoms with Crippen LogP contribution >= 0.6 is 0 Å². The van der Waals surface area contributed by atoms with Crippen molar-refractivity contribution in [3.63, 3.8) is 0 Å². The van der Waals surface area contributed by atoms with E-state index in [2.05, 4.69) is 10.6 Å². The van der Waals surface area contributed by atoms with Crippen LogP contribution < -0.4 is 10.6 Å². The Kier molecular flexibility index (Phi) is 5.58. The van der Waals surface area contributed by atoms with Gasteiger partial charge in [0, 0.05) is 0 Å². The number of ether oxygens (including phenoxy) is 1. The van der Waals surface area contributed by atoms with Crippen molar-refractivity contribution in [2.75, 3.05) is 0 Å². The van der Waals surface area contributed by atoms with Gasteiger partial charge in [-0.2, -0.15) is 0 Å². The van der Waals surface area contributed by atoms with Gasteiger partial charge in [-0.15, -0.1) is 0 Å². The second-order valence-corrected chi connectivity index (χ2v) is 4.29. The summed E-state index contributed by atoms with van der Waals surface area (Å²) in [7, 11) is 0. The molecule has 11 nitrogen and oxygen atoms in total. The zero-order valence-electron chi connectivity index (χ0n) is 10.6. The summed E-state index contributed by atoms with van der Waals surface area (Å²) in [5, 5.41) is 39.4. The first kappa shape index (κ1) is 16.8. The quantitative estimate of drug-likeness (QED) is 0.238. The molecule has 1 aliphatic heterocycles. The maximum atomic E-state index is 10.8. The highest BCUT2D eigenvalue weighted by molar-refractivity contribution is 5.81. The number of carbonyl (C=O) groups is 4. The molecule has 1 heterocycles. The molecule has 0 radical (unpaired) electrons. The minimum Gasteiger partial charge on any atom is -0.481 e. The molecule has 0 spiro atoms. The van der Waals surface area contributed by atoms with Gasteiger partial charge in [0.05, 0.1) is 12.8 Å². The molecular weight excluding hydrogens is 292 g/mol. The molecule has 1 fully saturated rings. The fraction of sp³-hybridized carbons (Fsp3) is 0.600. The van der Waals surface area contributed by atoms with Crippen molar-refractivity contribution >= 4 is 23.9 Å². The standard InChI is InChI=1S/C10H14N2O9/c13-5(14)1-3(9(17)18)11-7-8(21-7)12-4(10(19)20)2-6(15)16/h3-4,7-8,11-12H,1-2H2,(H,13,14)(H,15,16)(H,17,18)(H,19,20)/t3-,4-,7?,8?/m0/s1. The Labute approximate surface area is 117 Å². The van der Waals surface area contributed by atoms with E-state index in [9.17, 15) is 19.2 Å². The molecule has 0 amide bonds. The number of hydrogen-bond acceptors (Lipinski definition) is 7. The minimum absolute atomic E-state index is 0.681. The number of carboxylic acids is 4. The van der Waals surface area contributed by atoms with Crippen molar-refractivity contribution in [3.05, 3.63) is 0 Å². The molecule has 21 heavy (non-hydrogen) atoms. The van der Waals surface area contributed by atoms with Crippen molar-refractivity contribution in [2.24, 2.45) is 0 Å². The van der Waals surface area contributed by atoms with Crippen LogP contribution in [0.15, 0.2) is 0 Å². The van der Waals surface area contributed by atoms with Crippen LogP contribution in [0.25, 0.3) is 0 Å². The molecule has 1 saturated heterocycles. The van der Waals surface area contributed by atoms with E-state index in [4.69, 9.17) is 25.2 Å². The second-order valence-electron chi connectivity index (χ2n) is 4.29. The van der Waals surface area contributed by atoms with Gasteiger partial charge in [-0.25, -0.2) is 0 Å². The predicted octanol–water partition coefficient (Wildman–Crippen LogP) is -2.30. The first-order valence-corrected chi connectivity index (χ1v) is 5.77. The topological polar surface area (TPSA) is 186 Å². The largest absolute Gasteiger partial charge is 0.481 e. The van der Waals surface area contributed by atoms with Crippen LogP contribution in [0, 0.1) is 0 Å². The van der Waals surface area contributed by atoms with E-state index < -0.39 is 61.3 Å². The van der Waals surface area contributed by atoms with Gasteiger partial charge in [-0.05, 0) is 0 Å². The van der Waals surface area contributed by atoms with Crippen LogP contribution in [-0.4, -0.2) is 68.8 Å². The van der Waals surface area contributed by atoms with Gasteiger partial charge in [0.1, 0.15) is 12.1 Å². The Morgan fingerprint density at radius 2 is 1.14 bits per heavy atom. The van der Waals surface area contributed by atoms with Gasteiger partial charge in [0.15, 0.2) is 12.5 Å². The molecule has 1 rings (SSSR count). The van der Waals surface area contributed by atoms with E-state index in [0.717, 1.165) is 0 Å². The van der Waals surface area contributed by atoms with Crippen molar-refractivity contribution in [3.8, 4) is 0 Å². The molecule has 118 valence electrons. The Bertz CT molecular complexity index is 412. The summed E-state index contributed by atoms with van der Waals surface area (Å²) in [5.74, 6) is -5.44. The summed E-state index contributed by atoms with van der Waals surface area (Å²) in [5.41, 5.74) is 0. The number of aliphatic carboxylic acids is 4. The molecular formula is C10H14N2O9. The van der Waals surface area contributed by atoms with Crippen molar-refractivity contribution < 1.29 is 44.3 Å². The fourth-order valence-electron chi connectivity index (χ4n) is 1.55. The first-order valence-electron chi connectivity index (χ1n) is 5.77. The summed E-state index contributed by atoms with van der Waals surface area (Å²) in [6, 6.07) is -2.80. The van der Waals surface area contributed by atoms with Crippen LogP contribution in [-0.2, 0) is 23.9 Å². The van der Waals surface area contributed by atoms with E-state index in [1.165, 1.54) is 0 Å². The summed E-state index contributed by atoms with van der Waals surface area (Å²) in [6.45, 7) is 0. The monoisotopic (exact) mass is 306 g/mol. The highest BCUT2D eigenvalue weighted by Gasteiger charge is 2.44. The van der Waals surface area contributed by atoms with Crippen LogP contribution in [0.1, 0.15) is 12.8 Å². The third kappa shape index (κ3) is 5.72. The predicted molar refractivity (Wildman–Crippen MR) is 62.3 cm³/mol. The third-order valence-corrected chi connectivity index (χ3v) is 2.58. The first-order chi connectivity index (χ1) is 9.70. The number of carboxylic acid groups (broad SMARTS) is 4. The van der Waals surface area contributed by atoms with Crippen molar-refractivity contribution in [2.45, 2.75) is 37.4 Å². The lowest BCUT2D eigenvalue weighted by Crippen LogP contribution is -2.45. The number of nitrogens with one attached hydrogen (secondary N) is 2. The zero-order valence-corrected chi connectivity index (χ0v) is 10.6. The van der Waals surface area contributed by atoms with Gasteiger partial charge < -0.3 is 25.2 Å². The van der Waals surface area contributed by atoms with E-state index in [1.807, 2.05) is 0 Å². The average Bonchev–Trinajstić information content (AvgIpc) is 3.04. The lowest BCUT2D eigenvalue weighted by atomic mass is 10.2. The molecule has 0 saturated carbocycles. The summed E-state index contributed by atoms with van der Waals surface area (Å²) in [6.07, 6.45) is -3.17. The maximum Gasteiger partial charge on any atom is 0.321 e. The van der Waals surface area contributed by atoms with Crippen molar-refractivity contribution in [1.29, 1.82) is 0 Å². The average molecular weight is 306 g/mol.